The Morgan fingerprint density at radius 2 is 1.78 bits per heavy atom. The third kappa shape index (κ3) is 1.78. The van der Waals surface area contributed by atoms with Gasteiger partial charge in [-0.1, -0.05) is 40.8 Å². The Bertz CT molecular complexity index is 360. The maximum atomic E-state index is 14.4. The molecule has 1 saturated carbocycles. The monoisotopic (exact) mass is 278 g/mol. The first-order valence-corrected chi connectivity index (χ1v) is 9.43. The zero-order valence-corrected chi connectivity index (χ0v) is 13.1. The Balaban J connectivity index is 3.43. The predicted molar refractivity (Wildman–Crippen MR) is 70.5 cm³/mol. The molecule has 0 aliphatic heterocycles. The van der Waals surface area contributed by atoms with E-state index in [4.69, 9.17) is 0 Å². The highest BCUT2D eigenvalue weighted by Crippen LogP contribution is 2.55. The van der Waals surface area contributed by atoms with Crippen molar-refractivity contribution < 1.29 is 18.7 Å². The number of carbonyl (C=O) groups excluding carboxylic acids is 1. The standard InChI is InChI=1S/C13H24F2O2Si/c1-9-7-8-10(16)12(14,15)13(9,17)18(5,6)11(2,3)4/h9,17H,7-8H2,1-6H3. The second-order valence-corrected chi connectivity index (χ2v) is 12.6. The van der Waals surface area contributed by atoms with Crippen LogP contribution in [0.15, 0.2) is 0 Å². The smallest absolute Gasteiger partial charge is 0.330 e. The van der Waals surface area contributed by atoms with Crippen LogP contribution in [0, 0.1) is 5.92 Å². The predicted octanol–water partition coefficient (Wildman–Crippen LogP) is 3.40. The van der Waals surface area contributed by atoms with Crippen molar-refractivity contribution in [1.29, 1.82) is 0 Å². The lowest BCUT2D eigenvalue weighted by molar-refractivity contribution is -0.192. The Hall–Kier alpha value is -0.293. The first-order chi connectivity index (χ1) is 7.80. The van der Waals surface area contributed by atoms with Crippen molar-refractivity contribution in [2.75, 3.05) is 0 Å². The highest BCUT2D eigenvalue weighted by Gasteiger charge is 2.71. The van der Waals surface area contributed by atoms with Crippen molar-refractivity contribution in [2.45, 2.75) is 69.8 Å². The summed E-state index contributed by atoms with van der Waals surface area (Å²) >= 11 is 0. The number of hydrogen-bond acceptors (Lipinski definition) is 2. The van der Waals surface area contributed by atoms with E-state index in [1.807, 2.05) is 20.8 Å². The molecule has 0 aromatic rings. The molecule has 106 valence electrons. The van der Waals surface area contributed by atoms with Crippen LogP contribution < -0.4 is 0 Å². The van der Waals surface area contributed by atoms with E-state index >= 15 is 0 Å². The maximum absolute atomic E-state index is 14.4. The molecule has 0 heterocycles. The fourth-order valence-electron chi connectivity index (χ4n) is 2.82. The normalized spacial score (nSPS) is 33.6. The third-order valence-electron chi connectivity index (χ3n) is 5.17. The van der Waals surface area contributed by atoms with Gasteiger partial charge in [0.2, 0.25) is 5.78 Å². The highest BCUT2D eigenvalue weighted by atomic mass is 28.3. The molecule has 0 aromatic carbocycles. The molecule has 2 atom stereocenters. The molecular weight excluding hydrogens is 254 g/mol. The van der Waals surface area contributed by atoms with E-state index in [1.54, 1.807) is 20.0 Å². The summed E-state index contributed by atoms with van der Waals surface area (Å²) in [4.78, 5) is 11.6. The van der Waals surface area contributed by atoms with Gasteiger partial charge in [0, 0.05) is 6.42 Å². The fraction of sp³-hybridized carbons (Fsp3) is 0.923. The van der Waals surface area contributed by atoms with Gasteiger partial charge in [0.25, 0.3) is 0 Å². The van der Waals surface area contributed by atoms with Crippen LogP contribution in [0.4, 0.5) is 8.78 Å². The molecular formula is C13H24F2O2Si. The van der Waals surface area contributed by atoms with Crippen molar-refractivity contribution in [2.24, 2.45) is 5.92 Å². The van der Waals surface area contributed by atoms with Crippen molar-refractivity contribution in [3.05, 3.63) is 0 Å². The first kappa shape index (κ1) is 15.8. The minimum Gasteiger partial charge on any atom is -0.386 e. The molecule has 1 N–H and O–H groups in total. The Morgan fingerprint density at radius 3 is 2.17 bits per heavy atom. The minimum atomic E-state index is -3.62. The molecule has 18 heavy (non-hydrogen) atoms. The van der Waals surface area contributed by atoms with Gasteiger partial charge in [-0.25, -0.2) is 0 Å². The molecule has 0 bridgehead atoms. The summed E-state index contributed by atoms with van der Waals surface area (Å²) in [5, 5.41) is 8.23. The maximum Gasteiger partial charge on any atom is 0.330 e. The lowest BCUT2D eigenvalue weighted by Gasteiger charge is -2.56. The number of Topliss-reactive ketones (excluding diaryl/α,β-unsaturated/α-hetero) is 1. The number of alkyl halides is 2. The van der Waals surface area contributed by atoms with Gasteiger partial charge < -0.3 is 5.11 Å². The Morgan fingerprint density at radius 1 is 1.33 bits per heavy atom. The minimum absolute atomic E-state index is 0.134. The zero-order valence-electron chi connectivity index (χ0n) is 12.1. The van der Waals surface area contributed by atoms with Crippen LogP contribution in [0.2, 0.25) is 18.1 Å². The van der Waals surface area contributed by atoms with Gasteiger partial charge in [-0.05, 0) is 17.4 Å². The number of carbonyl (C=O) groups is 1. The van der Waals surface area contributed by atoms with Gasteiger partial charge >= 0.3 is 5.92 Å². The van der Waals surface area contributed by atoms with Crippen molar-refractivity contribution in [3.63, 3.8) is 0 Å². The Kier molecular flexibility index (Phi) is 3.59. The largest absolute Gasteiger partial charge is 0.386 e. The lowest BCUT2D eigenvalue weighted by Crippen LogP contribution is -2.75. The SMILES string of the molecule is CC1CCC(=O)C(F)(F)C1(O)[Si](C)(C)C(C)(C)C. The number of rotatable bonds is 1. The van der Waals surface area contributed by atoms with E-state index in [1.165, 1.54) is 0 Å². The van der Waals surface area contributed by atoms with Crippen LogP contribution in [-0.4, -0.2) is 30.1 Å². The summed E-state index contributed by atoms with van der Waals surface area (Å²) < 4.78 is 28.7. The number of halogens is 2. The number of hydrogen-bond donors (Lipinski definition) is 1. The van der Waals surface area contributed by atoms with Crippen molar-refractivity contribution >= 4 is 13.9 Å². The molecule has 2 unspecified atom stereocenters. The van der Waals surface area contributed by atoms with Crippen LogP contribution in [0.3, 0.4) is 0 Å². The molecule has 0 amide bonds. The second-order valence-electron chi connectivity index (χ2n) is 7.08. The molecule has 0 radical (unpaired) electrons. The van der Waals surface area contributed by atoms with Gasteiger partial charge in [-0.15, -0.1) is 0 Å². The van der Waals surface area contributed by atoms with Crippen LogP contribution in [0.1, 0.15) is 40.5 Å². The van der Waals surface area contributed by atoms with Crippen molar-refractivity contribution in [3.8, 4) is 0 Å². The van der Waals surface area contributed by atoms with Crippen LogP contribution in [0.5, 0.6) is 0 Å². The van der Waals surface area contributed by atoms with Gasteiger partial charge in [0.05, 0.1) is 8.07 Å². The Labute approximate surface area is 109 Å². The van der Waals surface area contributed by atoms with Crippen LogP contribution in [-0.2, 0) is 4.79 Å². The zero-order chi connectivity index (χ0) is 14.6. The number of ketones is 1. The molecule has 1 fully saturated rings. The summed E-state index contributed by atoms with van der Waals surface area (Å²) in [6.07, 6.45) is 0.211. The van der Waals surface area contributed by atoms with E-state index < -0.39 is 36.0 Å². The molecule has 1 aliphatic carbocycles. The fourth-order valence-corrected chi connectivity index (χ4v) is 6.26. The lowest BCUT2D eigenvalue weighted by atomic mass is 9.83. The average Bonchev–Trinajstić information content (AvgIpc) is 2.19. The van der Waals surface area contributed by atoms with E-state index in [0.29, 0.717) is 6.42 Å². The van der Waals surface area contributed by atoms with Gasteiger partial charge in [-0.3, -0.25) is 4.79 Å². The van der Waals surface area contributed by atoms with Crippen LogP contribution >= 0.6 is 0 Å². The van der Waals surface area contributed by atoms with Crippen LogP contribution in [0.25, 0.3) is 0 Å². The van der Waals surface area contributed by atoms with E-state index in [2.05, 4.69) is 0 Å². The summed E-state index contributed by atoms with van der Waals surface area (Å²) in [5.74, 6) is -5.27. The average molecular weight is 278 g/mol. The van der Waals surface area contributed by atoms with Gasteiger partial charge in [0.15, 0.2) is 0 Å². The molecule has 1 rings (SSSR count). The van der Waals surface area contributed by atoms with E-state index in [9.17, 15) is 18.7 Å². The molecule has 0 aromatic heterocycles. The topological polar surface area (TPSA) is 37.3 Å². The molecule has 5 heteroatoms. The first-order valence-electron chi connectivity index (χ1n) is 6.43. The highest BCUT2D eigenvalue weighted by molar-refractivity contribution is 6.83. The summed E-state index contributed by atoms with van der Waals surface area (Å²) in [6.45, 7) is 10.8. The quantitative estimate of drug-likeness (QED) is 0.746. The van der Waals surface area contributed by atoms with E-state index in [0.717, 1.165) is 0 Å². The summed E-state index contributed by atoms with van der Waals surface area (Å²) in [5.41, 5.74) is 0. The molecule has 0 spiro atoms. The number of aliphatic hydroxyl groups is 1. The van der Waals surface area contributed by atoms with Crippen molar-refractivity contribution in [1.82, 2.24) is 0 Å². The summed E-state index contributed by atoms with van der Waals surface area (Å²) in [7, 11) is -2.78. The van der Waals surface area contributed by atoms with Gasteiger partial charge in [-0.2, -0.15) is 8.78 Å². The van der Waals surface area contributed by atoms with E-state index in [-0.39, 0.29) is 6.42 Å². The second kappa shape index (κ2) is 4.10. The molecule has 1 aliphatic rings. The summed E-state index contributed by atoms with van der Waals surface area (Å²) in [6, 6.07) is 0. The molecule has 2 nitrogen and oxygen atoms in total. The third-order valence-corrected chi connectivity index (χ3v) is 11.6. The molecule has 0 saturated heterocycles. The van der Waals surface area contributed by atoms with Gasteiger partial charge in [0.1, 0.15) is 5.22 Å².